The molecule has 5 heteroatoms. The van der Waals surface area contributed by atoms with Gasteiger partial charge in [-0.05, 0) is 6.07 Å². The normalized spacial score (nSPS) is 25.2. The number of carboxylic acids is 1. The lowest BCUT2D eigenvalue weighted by Gasteiger charge is -2.28. The molecule has 0 aromatic heterocycles. The van der Waals surface area contributed by atoms with Crippen molar-refractivity contribution in [3.8, 4) is 5.75 Å². The summed E-state index contributed by atoms with van der Waals surface area (Å²) in [5, 5.41) is 21.2. The molecule has 0 spiro atoms. The first-order valence-electron chi connectivity index (χ1n) is 5.04. The van der Waals surface area contributed by atoms with E-state index in [1.54, 1.807) is 18.2 Å². The first-order chi connectivity index (χ1) is 7.68. The predicted molar refractivity (Wildman–Crippen MR) is 56.2 cm³/mol. The van der Waals surface area contributed by atoms with Crippen molar-refractivity contribution in [1.29, 1.82) is 0 Å². The largest absolute Gasteiger partial charge is 0.508 e. The number of para-hydroxylation sites is 1. The van der Waals surface area contributed by atoms with Gasteiger partial charge in [-0.15, -0.1) is 0 Å². The summed E-state index contributed by atoms with van der Waals surface area (Å²) in [6.07, 6.45) is -0.295. The van der Waals surface area contributed by atoms with Gasteiger partial charge in [-0.25, -0.2) is 0 Å². The third kappa shape index (κ3) is 2.15. The Morgan fingerprint density at radius 2 is 2.19 bits per heavy atom. The number of nitrogens with one attached hydrogen (secondary N) is 1. The number of hydrogen-bond donors (Lipinski definition) is 3. The highest BCUT2D eigenvalue weighted by atomic mass is 16.5. The van der Waals surface area contributed by atoms with Gasteiger partial charge in [0.25, 0.3) is 0 Å². The quantitative estimate of drug-likeness (QED) is 0.680. The van der Waals surface area contributed by atoms with Gasteiger partial charge in [0, 0.05) is 12.1 Å². The topological polar surface area (TPSA) is 78.8 Å². The molecule has 0 saturated carbocycles. The van der Waals surface area contributed by atoms with Crippen LogP contribution in [0.15, 0.2) is 24.3 Å². The Kier molecular flexibility index (Phi) is 3.07. The third-order valence-electron chi connectivity index (χ3n) is 2.60. The number of carboxylic acid groups (broad SMARTS) is 1. The van der Waals surface area contributed by atoms with Crippen LogP contribution in [0.5, 0.6) is 5.75 Å². The Labute approximate surface area is 92.7 Å². The van der Waals surface area contributed by atoms with Crippen molar-refractivity contribution in [1.82, 2.24) is 5.32 Å². The Bertz CT molecular complexity index is 385. The number of morpholine rings is 1. The summed E-state index contributed by atoms with van der Waals surface area (Å²) >= 11 is 0. The molecule has 3 N–H and O–H groups in total. The smallest absolute Gasteiger partial charge is 0.323 e. The van der Waals surface area contributed by atoms with E-state index in [-0.39, 0.29) is 18.5 Å². The van der Waals surface area contributed by atoms with Crippen LogP contribution in [0.3, 0.4) is 0 Å². The number of phenolic OH excluding ortho intramolecular Hbond substituents is 1. The molecule has 1 aliphatic rings. The maximum absolute atomic E-state index is 10.7. The molecular weight excluding hydrogens is 210 g/mol. The molecule has 1 aliphatic heterocycles. The highest BCUT2D eigenvalue weighted by molar-refractivity contribution is 5.73. The summed E-state index contributed by atoms with van der Waals surface area (Å²) in [5.41, 5.74) is 0.679. The molecule has 5 nitrogen and oxygen atoms in total. The Morgan fingerprint density at radius 1 is 1.44 bits per heavy atom. The fraction of sp³-hybridized carbons (Fsp3) is 0.364. The Hall–Kier alpha value is -1.59. The van der Waals surface area contributed by atoms with Gasteiger partial charge in [0.1, 0.15) is 11.8 Å². The van der Waals surface area contributed by atoms with Gasteiger partial charge in [-0.3, -0.25) is 10.1 Å². The van der Waals surface area contributed by atoms with Crippen molar-refractivity contribution in [3.63, 3.8) is 0 Å². The van der Waals surface area contributed by atoms with Gasteiger partial charge in [0.2, 0.25) is 0 Å². The van der Waals surface area contributed by atoms with Crippen molar-refractivity contribution >= 4 is 5.97 Å². The molecule has 1 saturated heterocycles. The highest BCUT2D eigenvalue weighted by Gasteiger charge is 2.27. The molecule has 0 amide bonds. The minimum atomic E-state index is -0.921. The standard InChI is InChI=1S/C11H13NO4/c13-9-4-2-1-3-7(9)10-5-12-8(6-16-10)11(14)15/h1-4,8,10,12-13H,5-6H2,(H,14,15). The van der Waals surface area contributed by atoms with Crippen LogP contribution in [0, 0.1) is 0 Å². The minimum Gasteiger partial charge on any atom is -0.508 e. The second-order valence-electron chi connectivity index (χ2n) is 3.68. The van der Waals surface area contributed by atoms with E-state index in [1.165, 1.54) is 0 Å². The minimum absolute atomic E-state index is 0.105. The van der Waals surface area contributed by atoms with Crippen molar-refractivity contribution < 1.29 is 19.7 Å². The summed E-state index contributed by atoms with van der Waals surface area (Å²) in [7, 11) is 0. The van der Waals surface area contributed by atoms with E-state index in [9.17, 15) is 9.90 Å². The SMILES string of the molecule is O=C(O)C1COC(c2ccccc2O)CN1. The summed E-state index contributed by atoms with van der Waals surface area (Å²) < 4.78 is 5.42. The van der Waals surface area contributed by atoms with Crippen LogP contribution >= 0.6 is 0 Å². The van der Waals surface area contributed by atoms with E-state index >= 15 is 0 Å². The Morgan fingerprint density at radius 3 is 2.75 bits per heavy atom. The molecule has 2 atom stereocenters. The van der Waals surface area contributed by atoms with Crippen molar-refractivity contribution in [2.24, 2.45) is 0 Å². The second-order valence-corrected chi connectivity index (χ2v) is 3.68. The molecule has 2 rings (SSSR count). The van der Waals surface area contributed by atoms with Crippen LogP contribution in [-0.4, -0.2) is 35.4 Å². The molecule has 0 aliphatic carbocycles. The first kappa shape index (κ1) is 10.9. The van der Waals surface area contributed by atoms with E-state index in [4.69, 9.17) is 9.84 Å². The Balaban J connectivity index is 2.05. The van der Waals surface area contributed by atoms with E-state index in [0.717, 1.165) is 0 Å². The number of rotatable bonds is 2. The lowest BCUT2D eigenvalue weighted by atomic mass is 10.1. The van der Waals surface area contributed by atoms with Gasteiger partial charge < -0.3 is 14.9 Å². The number of phenols is 1. The van der Waals surface area contributed by atoms with E-state index < -0.39 is 12.0 Å². The summed E-state index contributed by atoms with van der Waals surface area (Å²) in [4.78, 5) is 10.7. The number of benzene rings is 1. The van der Waals surface area contributed by atoms with Gasteiger partial charge in [-0.2, -0.15) is 0 Å². The first-order valence-corrected chi connectivity index (χ1v) is 5.04. The molecule has 16 heavy (non-hydrogen) atoms. The van der Waals surface area contributed by atoms with Crippen LogP contribution in [0.25, 0.3) is 0 Å². The maximum Gasteiger partial charge on any atom is 0.323 e. The summed E-state index contributed by atoms with van der Waals surface area (Å²) in [6, 6.07) is 6.23. The second kappa shape index (κ2) is 4.51. The van der Waals surface area contributed by atoms with Crippen LogP contribution in [0.1, 0.15) is 11.7 Å². The molecule has 2 unspecified atom stereocenters. The van der Waals surface area contributed by atoms with Crippen molar-refractivity contribution in [2.45, 2.75) is 12.1 Å². The van der Waals surface area contributed by atoms with Crippen molar-refractivity contribution in [3.05, 3.63) is 29.8 Å². The molecule has 1 heterocycles. The van der Waals surface area contributed by atoms with Crippen LogP contribution in [-0.2, 0) is 9.53 Å². The number of hydrogen-bond acceptors (Lipinski definition) is 4. The zero-order chi connectivity index (χ0) is 11.5. The van der Waals surface area contributed by atoms with Crippen LogP contribution < -0.4 is 5.32 Å². The summed E-state index contributed by atoms with van der Waals surface area (Å²) in [5.74, 6) is -0.751. The maximum atomic E-state index is 10.7. The molecule has 86 valence electrons. The van der Waals surface area contributed by atoms with Gasteiger partial charge in [0.05, 0.1) is 12.7 Å². The van der Waals surface area contributed by atoms with E-state index in [2.05, 4.69) is 5.32 Å². The third-order valence-corrected chi connectivity index (χ3v) is 2.60. The van der Waals surface area contributed by atoms with Crippen molar-refractivity contribution in [2.75, 3.05) is 13.2 Å². The number of carbonyl (C=O) groups is 1. The molecule has 1 aromatic carbocycles. The molecule has 1 aromatic rings. The lowest BCUT2D eigenvalue weighted by Crippen LogP contribution is -2.47. The molecular formula is C11H13NO4. The zero-order valence-electron chi connectivity index (χ0n) is 8.59. The van der Waals surface area contributed by atoms with E-state index in [1.807, 2.05) is 6.07 Å². The fourth-order valence-corrected chi connectivity index (χ4v) is 1.70. The number of aliphatic carboxylic acids is 1. The van der Waals surface area contributed by atoms with Crippen LogP contribution in [0.4, 0.5) is 0 Å². The van der Waals surface area contributed by atoms with Gasteiger partial charge >= 0.3 is 5.97 Å². The monoisotopic (exact) mass is 223 g/mol. The van der Waals surface area contributed by atoms with E-state index in [0.29, 0.717) is 12.1 Å². The summed E-state index contributed by atoms with van der Waals surface area (Å²) in [6.45, 7) is 0.489. The molecule has 1 fully saturated rings. The zero-order valence-corrected chi connectivity index (χ0v) is 8.59. The number of aromatic hydroxyl groups is 1. The fourth-order valence-electron chi connectivity index (χ4n) is 1.70. The average molecular weight is 223 g/mol. The predicted octanol–water partition coefficient (Wildman–Crippen LogP) is 0.506. The highest BCUT2D eigenvalue weighted by Crippen LogP contribution is 2.27. The van der Waals surface area contributed by atoms with Gasteiger partial charge in [0.15, 0.2) is 0 Å². The number of ether oxygens (including phenoxy) is 1. The average Bonchev–Trinajstić information content (AvgIpc) is 2.30. The molecule has 0 bridgehead atoms. The van der Waals surface area contributed by atoms with Gasteiger partial charge in [-0.1, -0.05) is 18.2 Å². The molecule has 0 radical (unpaired) electrons. The van der Waals surface area contributed by atoms with Crippen LogP contribution in [0.2, 0.25) is 0 Å². The lowest BCUT2D eigenvalue weighted by molar-refractivity contribution is -0.144.